The van der Waals surface area contributed by atoms with Crippen molar-refractivity contribution in [2.45, 2.75) is 33.7 Å². The van der Waals surface area contributed by atoms with E-state index in [0.717, 1.165) is 16.7 Å². The molecule has 0 unspecified atom stereocenters. The van der Waals surface area contributed by atoms with E-state index in [-0.39, 0.29) is 24.0 Å². The number of carbonyl (C=O) groups excluding carboxylic acids is 1. The molecule has 140 valence electrons. The summed E-state index contributed by atoms with van der Waals surface area (Å²) >= 11 is 0. The number of benzene rings is 1. The zero-order chi connectivity index (χ0) is 19.6. The van der Waals surface area contributed by atoms with Crippen molar-refractivity contribution in [3.05, 3.63) is 52.2 Å². The van der Waals surface area contributed by atoms with Crippen LogP contribution in [0.15, 0.2) is 35.3 Å². The maximum Gasteiger partial charge on any atom is 0.302 e. The highest BCUT2D eigenvalue weighted by molar-refractivity contribution is 5.89. The van der Waals surface area contributed by atoms with Gasteiger partial charge in [0.05, 0.1) is 17.5 Å². The van der Waals surface area contributed by atoms with Gasteiger partial charge in [-0.25, -0.2) is 4.98 Å². The summed E-state index contributed by atoms with van der Waals surface area (Å²) in [6.45, 7) is 5.78. The van der Waals surface area contributed by atoms with E-state index in [1.165, 1.54) is 6.92 Å². The Morgan fingerprint density at radius 2 is 2.00 bits per heavy atom. The van der Waals surface area contributed by atoms with Crippen LogP contribution in [0, 0.1) is 13.8 Å². The molecule has 3 aromatic rings. The quantitative estimate of drug-likeness (QED) is 0.550. The SMILES string of the molecule is CC(=O)OCCCn1ccc(-c2cc3c(O)nc(C)nc3cc2C)cc1=O. The van der Waals surface area contributed by atoms with Gasteiger partial charge in [0, 0.05) is 25.7 Å². The van der Waals surface area contributed by atoms with Crippen LogP contribution in [0.1, 0.15) is 24.7 Å². The van der Waals surface area contributed by atoms with Crippen LogP contribution in [0.25, 0.3) is 22.0 Å². The first-order valence-corrected chi connectivity index (χ1v) is 8.67. The van der Waals surface area contributed by atoms with E-state index < -0.39 is 0 Å². The molecule has 27 heavy (non-hydrogen) atoms. The highest BCUT2D eigenvalue weighted by atomic mass is 16.5. The summed E-state index contributed by atoms with van der Waals surface area (Å²) in [5.41, 5.74) is 3.08. The van der Waals surface area contributed by atoms with Gasteiger partial charge < -0.3 is 14.4 Å². The molecule has 0 atom stereocenters. The van der Waals surface area contributed by atoms with E-state index in [2.05, 4.69) is 9.97 Å². The van der Waals surface area contributed by atoms with Gasteiger partial charge in [-0.05, 0) is 55.2 Å². The molecule has 0 bridgehead atoms. The summed E-state index contributed by atoms with van der Waals surface area (Å²) in [6.07, 6.45) is 2.29. The average molecular weight is 367 g/mol. The molecule has 0 saturated carbocycles. The van der Waals surface area contributed by atoms with Crippen molar-refractivity contribution in [1.82, 2.24) is 14.5 Å². The lowest BCUT2D eigenvalue weighted by Gasteiger charge is -2.11. The fraction of sp³-hybridized carbons (Fsp3) is 0.300. The maximum atomic E-state index is 12.4. The first kappa shape index (κ1) is 18.6. The summed E-state index contributed by atoms with van der Waals surface area (Å²) in [6, 6.07) is 7.10. The molecule has 0 aliphatic heterocycles. The highest BCUT2D eigenvalue weighted by Gasteiger charge is 2.11. The molecular weight excluding hydrogens is 346 g/mol. The number of rotatable bonds is 5. The lowest BCUT2D eigenvalue weighted by Crippen LogP contribution is -2.19. The molecule has 0 fully saturated rings. The Kier molecular flexibility index (Phi) is 5.21. The molecule has 0 saturated heterocycles. The van der Waals surface area contributed by atoms with Gasteiger partial charge in [0.25, 0.3) is 5.56 Å². The van der Waals surface area contributed by atoms with Crippen LogP contribution >= 0.6 is 0 Å². The lowest BCUT2D eigenvalue weighted by atomic mass is 9.99. The summed E-state index contributed by atoms with van der Waals surface area (Å²) < 4.78 is 6.46. The third-order valence-electron chi connectivity index (χ3n) is 4.29. The molecule has 0 radical (unpaired) electrons. The van der Waals surface area contributed by atoms with Crippen LogP contribution in [0.5, 0.6) is 5.88 Å². The molecule has 0 amide bonds. The number of hydrogen-bond donors (Lipinski definition) is 1. The third-order valence-corrected chi connectivity index (χ3v) is 4.29. The van der Waals surface area contributed by atoms with E-state index >= 15 is 0 Å². The van der Waals surface area contributed by atoms with Gasteiger partial charge in [-0.15, -0.1) is 0 Å². The summed E-state index contributed by atoms with van der Waals surface area (Å²) in [5.74, 6) is 0.105. The number of aryl methyl sites for hydroxylation is 3. The molecule has 7 heteroatoms. The van der Waals surface area contributed by atoms with Crippen molar-refractivity contribution in [2.75, 3.05) is 6.61 Å². The van der Waals surface area contributed by atoms with Crippen molar-refractivity contribution in [2.24, 2.45) is 0 Å². The first-order chi connectivity index (χ1) is 12.8. The van der Waals surface area contributed by atoms with E-state index in [1.54, 1.807) is 29.8 Å². The van der Waals surface area contributed by atoms with Gasteiger partial charge in [0.15, 0.2) is 0 Å². The molecule has 3 rings (SSSR count). The number of aromatic hydroxyl groups is 1. The fourth-order valence-electron chi connectivity index (χ4n) is 3.00. The number of aromatic nitrogens is 3. The molecule has 2 heterocycles. The number of pyridine rings is 1. The topological polar surface area (TPSA) is 94.3 Å². The smallest absolute Gasteiger partial charge is 0.302 e. The monoisotopic (exact) mass is 367 g/mol. The molecule has 1 N–H and O–H groups in total. The maximum absolute atomic E-state index is 12.4. The number of nitrogens with zero attached hydrogens (tertiary/aromatic N) is 3. The molecule has 0 spiro atoms. The second-order valence-electron chi connectivity index (χ2n) is 6.42. The van der Waals surface area contributed by atoms with Crippen LogP contribution < -0.4 is 5.56 Å². The Morgan fingerprint density at radius 3 is 2.70 bits per heavy atom. The Balaban J connectivity index is 1.90. The number of fused-ring (bicyclic) bond motifs is 1. The zero-order valence-electron chi connectivity index (χ0n) is 15.5. The van der Waals surface area contributed by atoms with Crippen LogP contribution in [-0.4, -0.2) is 32.2 Å². The van der Waals surface area contributed by atoms with Crippen molar-refractivity contribution >= 4 is 16.9 Å². The van der Waals surface area contributed by atoms with Crippen LogP contribution in [0.3, 0.4) is 0 Å². The van der Waals surface area contributed by atoms with Crippen LogP contribution in [0.4, 0.5) is 0 Å². The zero-order valence-corrected chi connectivity index (χ0v) is 15.5. The van der Waals surface area contributed by atoms with Crippen molar-refractivity contribution in [3.8, 4) is 17.0 Å². The van der Waals surface area contributed by atoms with Crippen molar-refractivity contribution in [3.63, 3.8) is 0 Å². The van der Waals surface area contributed by atoms with E-state index in [0.29, 0.717) is 29.7 Å². The predicted octanol–water partition coefficient (Wildman–Crippen LogP) is 2.73. The first-order valence-electron chi connectivity index (χ1n) is 8.67. The van der Waals surface area contributed by atoms with Crippen molar-refractivity contribution in [1.29, 1.82) is 0 Å². The van der Waals surface area contributed by atoms with Gasteiger partial charge in [-0.2, -0.15) is 4.98 Å². The normalized spacial score (nSPS) is 10.9. The average Bonchev–Trinajstić information content (AvgIpc) is 2.59. The van der Waals surface area contributed by atoms with Crippen LogP contribution in [0.2, 0.25) is 0 Å². The lowest BCUT2D eigenvalue weighted by molar-refractivity contribution is -0.141. The minimum absolute atomic E-state index is 0.0717. The van der Waals surface area contributed by atoms with Crippen molar-refractivity contribution < 1.29 is 14.6 Å². The third kappa shape index (κ3) is 4.13. The minimum atomic E-state index is -0.327. The Bertz CT molecular complexity index is 1070. The van der Waals surface area contributed by atoms with Gasteiger partial charge >= 0.3 is 5.97 Å². The molecule has 0 aliphatic rings. The number of carbonyl (C=O) groups is 1. The highest BCUT2D eigenvalue weighted by Crippen LogP contribution is 2.30. The second-order valence-corrected chi connectivity index (χ2v) is 6.42. The fourth-order valence-corrected chi connectivity index (χ4v) is 3.00. The largest absolute Gasteiger partial charge is 0.493 e. The summed E-state index contributed by atoms with van der Waals surface area (Å²) in [5, 5.41) is 10.7. The van der Waals surface area contributed by atoms with E-state index in [9.17, 15) is 14.7 Å². The molecule has 2 aromatic heterocycles. The number of hydrogen-bond acceptors (Lipinski definition) is 6. The van der Waals surface area contributed by atoms with Gasteiger partial charge in [0.1, 0.15) is 5.82 Å². The Labute approximate surface area is 156 Å². The molecule has 1 aromatic carbocycles. The van der Waals surface area contributed by atoms with Gasteiger partial charge in [0.2, 0.25) is 5.88 Å². The van der Waals surface area contributed by atoms with E-state index in [4.69, 9.17) is 4.74 Å². The molecule has 7 nitrogen and oxygen atoms in total. The van der Waals surface area contributed by atoms with Crippen LogP contribution in [-0.2, 0) is 16.1 Å². The minimum Gasteiger partial charge on any atom is -0.493 e. The van der Waals surface area contributed by atoms with Gasteiger partial charge in [-0.3, -0.25) is 9.59 Å². The number of esters is 1. The molecular formula is C20H21N3O4. The molecule has 0 aliphatic carbocycles. The Morgan fingerprint density at radius 1 is 1.22 bits per heavy atom. The number of ether oxygens (including phenoxy) is 1. The predicted molar refractivity (Wildman–Crippen MR) is 102 cm³/mol. The Hall–Kier alpha value is -3.22. The standard InChI is InChI=1S/C20H21N3O4/c1-12-9-18-17(20(26)22-13(2)21-18)11-16(12)15-5-7-23(19(25)10-15)6-4-8-27-14(3)24/h5,7,9-11H,4,6,8H2,1-3H3,(H,21,22,26). The van der Waals surface area contributed by atoms with E-state index in [1.807, 2.05) is 19.1 Å². The summed E-state index contributed by atoms with van der Waals surface area (Å²) in [4.78, 5) is 31.5. The summed E-state index contributed by atoms with van der Waals surface area (Å²) in [7, 11) is 0. The van der Waals surface area contributed by atoms with Gasteiger partial charge in [-0.1, -0.05) is 0 Å². The second kappa shape index (κ2) is 7.57.